The summed E-state index contributed by atoms with van der Waals surface area (Å²) in [7, 11) is 1.63. The number of nitrogens with one attached hydrogen (secondary N) is 2. The Hall–Kier alpha value is -1.36. The Morgan fingerprint density at radius 3 is 3.00 bits per heavy atom. The van der Waals surface area contributed by atoms with Crippen molar-refractivity contribution in [3.8, 4) is 5.75 Å². The van der Waals surface area contributed by atoms with E-state index in [1.165, 1.54) is 25.7 Å². The lowest BCUT2D eigenvalue weighted by Gasteiger charge is -2.24. The van der Waals surface area contributed by atoms with Gasteiger partial charge in [0.2, 0.25) is 0 Å². The van der Waals surface area contributed by atoms with E-state index in [2.05, 4.69) is 15.6 Å². The Bertz CT molecular complexity index is 480. The summed E-state index contributed by atoms with van der Waals surface area (Å²) in [5.74, 6) is 3.09. The topological polar surface area (TPSA) is 46.2 Å². The first-order valence-electron chi connectivity index (χ1n) is 6.83. The SMILES string of the molecule is COc1cccnc1NC(=S)NC1CC2CCC1C2. The third-order valence-corrected chi connectivity index (χ3v) is 4.50. The summed E-state index contributed by atoms with van der Waals surface area (Å²) in [5, 5.41) is 7.21. The zero-order chi connectivity index (χ0) is 13.2. The van der Waals surface area contributed by atoms with Gasteiger partial charge in [-0.05, 0) is 55.4 Å². The fourth-order valence-corrected chi connectivity index (χ4v) is 3.63. The third-order valence-electron chi connectivity index (χ3n) is 4.28. The molecule has 1 aromatic rings. The molecule has 0 aliphatic heterocycles. The van der Waals surface area contributed by atoms with Gasteiger partial charge in [-0.3, -0.25) is 0 Å². The Morgan fingerprint density at radius 1 is 1.42 bits per heavy atom. The molecule has 0 radical (unpaired) electrons. The molecule has 102 valence electrons. The van der Waals surface area contributed by atoms with Crippen LogP contribution in [0.4, 0.5) is 5.82 Å². The zero-order valence-corrected chi connectivity index (χ0v) is 11.9. The number of pyridine rings is 1. The summed E-state index contributed by atoms with van der Waals surface area (Å²) in [4.78, 5) is 4.25. The molecule has 3 unspecified atom stereocenters. The molecule has 0 aromatic carbocycles. The van der Waals surface area contributed by atoms with E-state index in [-0.39, 0.29) is 0 Å². The van der Waals surface area contributed by atoms with Crippen LogP contribution in [0.5, 0.6) is 5.75 Å². The monoisotopic (exact) mass is 277 g/mol. The summed E-state index contributed by atoms with van der Waals surface area (Å²) < 4.78 is 5.25. The van der Waals surface area contributed by atoms with E-state index in [4.69, 9.17) is 17.0 Å². The minimum Gasteiger partial charge on any atom is -0.493 e. The fraction of sp³-hybridized carbons (Fsp3) is 0.571. The standard InChI is InChI=1S/C14H19N3OS/c1-18-12-3-2-6-15-13(12)17-14(19)16-11-8-9-4-5-10(11)7-9/h2-3,6,9-11H,4-5,7-8H2,1H3,(H2,15,16,17,19). The highest BCUT2D eigenvalue weighted by Crippen LogP contribution is 2.44. The van der Waals surface area contributed by atoms with E-state index >= 15 is 0 Å². The first-order valence-corrected chi connectivity index (χ1v) is 7.23. The molecule has 1 aromatic heterocycles. The Balaban J connectivity index is 1.59. The summed E-state index contributed by atoms with van der Waals surface area (Å²) in [5.41, 5.74) is 0. The van der Waals surface area contributed by atoms with Crippen molar-refractivity contribution in [2.75, 3.05) is 12.4 Å². The van der Waals surface area contributed by atoms with Crippen LogP contribution in [0.3, 0.4) is 0 Å². The number of aromatic nitrogens is 1. The number of fused-ring (bicyclic) bond motifs is 2. The van der Waals surface area contributed by atoms with Gasteiger partial charge in [-0.25, -0.2) is 4.98 Å². The highest BCUT2D eigenvalue weighted by Gasteiger charge is 2.39. The molecule has 0 amide bonds. The molecule has 3 rings (SSSR count). The Morgan fingerprint density at radius 2 is 2.32 bits per heavy atom. The van der Waals surface area contributed by atoms with Crippen LogP contribution in [0.1, 0.15) is 25.7 Å². The molecule has 0 spiro atoms. The normalized spacial score (nSPS) is 28.2. The van der Waals surface area contributed by atoms with Crippen molar-refractivity contribution in [2.45, 2.75) is 31.7 Å². The predicted molar refractivity (Wildman–Crippen MR) is 79.4 cm³/mol. The maximum Gasteiger partial charge on any atom is 0.174 e. The van der Waals surface area contributed by atoms with Gasteiger partial charge in [0.25, 0.3) is 0 Å². The van der Waals surface area contributed by atoms with Gasteiger partial charge in [0, 0.05) is 12.2 Å². The second kappa shape index (κ2) is 5.33. The number of hydrogen-bond acceptors (Lipinski definition) is 3. The van der Waals surface area contributed by atoms with Gasteiger partial charge in [0.1, 0.15) is 0 Å². The molecular formula is C14H19N3OS. The van der Waals surface area contributed by atoms with E-state index < -0.39 is 0 Å². The molecule has 2 aliphatic carbocycles. The van der Waals surface area contributed by atoms with Crippen LogP contribution in [0.15, 0.2) is 18.3 Å². The van der Waals surface area contributed by atoms with E-state index in [1.807, 2.05) is 12.1 Å². The average Bonchev–Trinajstić information content (AvgIpc) is 3.01. The predicted octanol–water partition coefficient (Wildman–Crippen LogP) is 2.57. The molecule has 5 heteroatoms. The van der Waals surface area contributed by atoms with E-state index in [9.17, 15) is 0 Å². The zero-order valence-electron chi connectivity index (χ0n) is 11.1. The number of nitrogens with zero attached hydrogens (tertiary/aromatic N) is 1. The van der Waals surface area contributed by atoms with Gasteiger partial charge >= 0.3 is 0 Å². The maximum atomic E-state index is 5.38. The van der Waals surface area contributed by atoms with Crippen molar-refractivity contribution in [2.24, 2.45) is 11.8 Å². The number of hydrogen-bond donors (Lipinski definition) is 2. The quantitative estimate of drug-likeness (QED) is 0.832. The first-order chi connectivity index (χ1) is 9.26. The lowest BCUT2D eigenvalue weighted by atomic mass is 9.96. The second-order valence-electron chi connectivity index (χ2n) is 5.43. The van der Waals surface area contributed by atoms with Gasteiger partial charge < -0.3 is 15.4 Å². The summed E-state index contributed by atoms with van der Waals surface area (Å²) >= 11 is 5.38. The minimum absolute atomic E-state index is 0.536. The highest BCUT2D eigenvalue weighted by atomic mass is 32.1. The Labute approximate surface area is 118 Å². The highest BCUT2D eigenvalue weighted by molar-refractivity contribution is 7.80. The van der Waals surface area contributed by atoms with Gasteiger partial charge in [0.05, 0.1) is 7.11 Å². The molecule has 2 saturated carbocycles. The van der Waals surface area contributed by atoms with Crippen LogP contribution < -0.4 is 15.4 Å². The van der Waals surface area contributed by atoms with Crippen LogP contribution in [0.2, 0.25) is 0 Å². The average molecular weight is 277 g/mol. The molecule has 19 heavy (non-hydrogen) atoms. The van der Waals surface area contributed by atoms with E-state index in [0.717, 1.165) is 11.8 Å². The summed E-state index contributed by atoms with van der Waals surface area (Å²) in [6.45, 7) is 0. The molecule has 0 saturated heterocycles. The van der Waals surface area contributed by atoms with Crippen molar-refractivity contribution in [1.82, 2.24) is 10.3 Å². The van der Waals surface area contributed by atoms with Crippen LogP contribution in [-0.4, -0.2) is 23.2 Å². The number of anilines is 1. The largest absolute Gasteiger partial charge is 0.493 e. The number of thiocarbonyl (C=S) groups is 1. The van der Waals surface area contributed by atoms with Gasteiger partial charge in [-0.15, -0.1) is 0 Å². The minimum atomic E-state index is 0.536. The molecule has 2 bridgehead atoms. The maximum absolute atomic E-state index is 5.38. The molecule has 2 fully saturated rings. The van der Waals surface area contributed by atoms with Gasteiger partial charge in [-0.2, -0.15) is 0 Å². The second-order valence-corrected chi connectivity index (χ2v) is 5.84. The smallest absolute Gasteiger partial charge is 0.174 e. The van der Waals surface area contributed by atoms with Crippen molar-refractivity contribution < 1.29 is 4.74 Å². The van der Waals surface area contributed by atoms with Crippen molar-refractivity contribution in [1.29, 1.82) is 0 Å². The van der Waals surface area contributed by atoms with Crippen LogP contribution in [0, 0.1) is 11.8 Å². The van der Waals surface area contributed by atoms with Crippen LogP contribution >= 0.6 is 12.2 Å². The molecule has 2 N–H and O–H groups in total. The van der Waals surface area contributed by atoms with E-state index in [0.29, 0.717) is 22.7 Å². The van der Waals surface area contributed by atoms with Crippen LogP contribution in [0.25, 0.3) is 0 Å². The number of methoxy groups -OCH3 is 1. The van der Waals surface area contributed by atoms with Crippen molar-refractivity contribution in [3.05, 3.63) is 18.3 Å². The Kier molecular flexibility index (Phi) is 3.55. The molecular weight excluding hydrogens is 258 g/mol. The first kappa shape index (κ1) is 12.7. The van der Waals surface area contributed by atoms with Gasteiger partial charge in [-0.1, -0.05) is 6.42 Å². The fourth-order valence-electron chi connectivity index (χ4n) is 3.38. The summed E-state index contributed by atoms with van der Waals surface area (Å²) in [6, 6.07) is 4.25. The van der Waals surface area contributed by atoms with Gasteiger partial charge in [0.15, 0.2) is 16.7 Å². The molecule has 2 aliphatic rings. The molecule has 1 heterocycles. The number of rotatable bonds is 3. The lowest BCUT2D eigenvalue weighted by molar-refractivity contribution is 0.391. The van der Waals surface area contributed by atoms with Crippen molar-refractivity contribution in [3.63, 3.8) is 0 Å². The third kappa shape index (κ3) is 2.66. The molecule has 3 atom stereocenters. The molecule has 4 nitrogen and oxygen atoms in total. The van der Waals surface area contributed by atoms with Crippen molar-refractivity contribution >= 4 is 23.1 Å². The summed E-state index contributed by atoms with van der Waals surface area (Å²) in [6.07, 6.45) is 7.10. The van der Waals surface area contributed by atoms with Crippen LogP contribution in [-0.2, 0) is 0 Å². The number of ether oxygens (including phenoxy) is 1. The van der Waals surface area contributed by atoms with E-state index in [1.54, 1.807) is 13.3 Å². The lowest BCUT2D eigenvalue weighted by Crippen LogP contribution is -2.41.